The van der Waals surface area contributed by atoms with Crippen LogP contribution in [0.4, 0.5) is 5.82 Å². The molecule has 172 valence electrons. The minimum atomic E-state index is -4.76. The van der Waals surface area contributed by atoms with Crippen molar-refractivity contribution < 1.29 is 42.5 Å². The van der Waals surface area contributed by atoms with E-state index in [1.54, 1.807) is 18.4 Å². The van der Waals surface area contributed by atoms with E-state index in [0.29, 0.717) is 15.9 Å². The van der Waals surface area contributed by atoms with Crippen molar-refractivity contribution in [3.05, 3.63) is 11.1 Å². The number of imidazole rings is 1. The number of rotatable bonds is 6. The van der Waals surface area contributed by atoms with Crippen LogP contribution in [0.25, 0.3) is 11.2 Å². The second kappa shape index (κ2) is 7.80. The lowest BCUT2D eigenvalue weighted by Gasteiger charge is -2.25. The Balaban J connectivity index is 1.63. The van der Waals surface area contributed by atoms with E-state index in [4.69, 9.17) is 34.3 Å². The molecule has 14 nitrogen and oxygen atoms in total. The Kier molecular flexibility index (Phi) is 5.83. The van der Waals surface area contributed by atoms with E-state index in [1.165, 1.54) is 6.33 Å². The van der Waals surface area contributed by atoms with E-state index in [1.807, 2.05) is 0 Å². The molecule has 0 radical (unpaired) electrons. The smallest absolute Gasteiger partial charge is 0.340 e. The van der Waals surface area contributed by atoms with Crippen LogP contribution < -0.4 is 5.73 Å². The molecule has 0 bridgehead atoms. The van der Waals surface area contributed by atoms with E-state index in [0.717, 1.165) is 0 Å². The Morgan fingerprint density at radius 2 is 1.94 bits per heavy atom. The summed E-state index contributed by atoms with van der Waals surface area (Å²) in [5.41, 5.74) is 6.58. The van der Waals surface area contributed by atoms with Gasteiger partial charge in [-0.1, -0.05) is 0 Å². The van der Waals surface area contributed by atoms with Gasteiger partial charge in [-0.25, -0.2) is 15.0 Å². The summed E-state index contributed by atoms with van der Waals surface area (Å²) < 4.78 is 47.9. The molecule has 2 aromatic heterocycles. The van der Waals surface area contributed by atoms with Gasteiger partial charge in [0, 0.05) is 0 Å². The second-order valence-corrected chi connectivity index (χ2v) is 12.3. The Morgan fingerprint density at radius 1 is 1.26 bits per heavy atom. The fourth-order valence-corrected chi connectivity index (χ4v) is 6.71. The third-order valence-corrected chi connectivity index (χ3v) is 8.66. The van der Waals surface area contributed by atoms with E-state index < -0.39 is 58.0 Å². The van der Waals surface area contributed by atoms with Gasteiger partial charge < -0.3 is 39.1 Å². The Labute approximate surface area is 183 Å². The third kappa shape index (κ3) is 4.71. The molecule has 0 aromatic carbocycles. The predicted molar refractivity (Wildman–Crippen MR) is 108 cm³/mol. The molecule has 31 heavy (non-hydrogen) atoms. The highest BCUT2D eigenvalue weighted by Crippen LogP contribution is 2.56. The lowest BCUT2D eigenvalue weighted by atomic mass is 10.1. The number of nitrogen functional groups attached to an aromatic ring is 1. The number of nitrogens with two attached hydrogens (primary N) is 1. The highest BCUT2D eigenvalue weighted by Gasteiger charge is 2.57. The Morgan fingerprint density at radius 3 is 2.61 bits per heavy atom. The maximum absolute atomic E-state index is 12.0. The van der Waals surface area contributed by atoms with Gasteiger partial charge in [0.05, 0.1) is 6.61 Å². The first kappa shape index (κ1) is 23.2. The van der Waals surface area contributed by atoms with E-state index in [-0.39, 0.29) is 5.82 Å². The van der Waals surface area contributed by atoms with Crippen molar-refractivity contribution in [1.29, 1.82) is 0 Å². The number of aromatic nitrogens is 4. The maximum Gasteiger partial charge on any atom is 0.340 e. The summed E-state index contributed by atoms with van der Waals surface area (Å²) in [5, 5.41) is 0. The Hall–Kier alpha value is -0.990. The number of hydrogen-bond acceptors (Lipinski definition) is 10. The number of anilines is 1. The molecule has 2 aromatic rings. The SMILES string of the molecule is CC1(C)O[C@@H]2[C@H](O1)[C@@H](COP(=O)(O)CP(=O)(O)O)O[C@H]2n1c(Br)nc2c(N)ncnc21. The van der Waals surface area contributed by atoms with Gasteiger partial charge in [-0.05, 0) is 29.8 Å². The number of ether oxygens (including phenoxy) is 3. The normalized spacial score (nSPS) is 29.9. The quantitative estimate of drug-likeness (QED) is 0.296. The van der Waals surface area contributed by atoms with Crippen LogP contribution in [-0.2, 0) is 27.9 Å². The minimum Gasteiger partial charge on any atom is -0.382 e. The summed E-state index contributed by atoms with van der Waals surface area (Å²) in [6.07, 6.45) is -1.83. The van der Waals surface area contributed by atoms with Crippen molar-refractivity contribution in [2.45, 2.75) is 44.2 Å². The molecule has 4 heterocycles. The molecule has 0 amide bonds. The number of halogens is 1. The zero-order valence-electron chi connectivity index (χ0n) is 16.2. The summed E-state index contributed by atoms with van der Waals surface area (Å²) in [4.78, 5) is 40.1. The summed E-state index contributed by atoms with van der Waals surface area (Å²) in [5.74, 6) is -2.12. The van der Waals surface area contributed by atoms with Gasteiger partial charge in [0.1, 0.15) is 24.6 Å². The molecule has 2 aliphatic heterocycles. The summed E-state index contributed by atoms with van der Waals surface area (Å²) in [6, 6.07) is 0. The fourth-order valence-electron chi connectivity index (χ4n) is 3.59. The molecular weight excluding hydrogens is 524 g/mol. The summed E-state index contributed by atoms with van der Waals surface area (Å²) in [6.45, 7) is 2.94. The predicted octanol–water partition coefficient (Wildman–Crippen LogP) is 0.926. The van der Waals surface area contributed by atoms with Crippen LogP contribution in [-0.4, -0.2) is 70.8 Å². The van der Waals surface area contributed by atoms with Crippen molar-refractivity contribution in [1.82, 2.24) is 19.5 Å². The zero-order chi connectivity index (χ0) is 22.8. The molecule has 5 atom stereocenters. The van der Waals surface area contributed by atoms with Gasteiger partial charge in [-0.3, -0.25) is 13.7 Å². The molecule has 0 saturated carbocycles. The highest BCUT2D eigenvalue weighted by molar-refractivity contribution is 9.10. The molecule has 1 unspecified atom stereocenters. The first-order chi connectivity index (χ1) is 14.3. The number of nitrogens with zero attached hydrogens (tertiary/aromatic N) is 4. The van der Waals surface area contributed by atoms with Crippen molar-refractivity contribution >= 4 is 48.1 Å². The minimum absolute atomic E-state index is 0.168. The van der Waals surface area contributed by atoms with Gasteiger partial charge in [0.25, 0.3) is 0 Å². The van der Waals surface area contributed by atoms with Crippen molar-refractivity contribution in [3.63, 3.8) is 0 Å². The van der Waals surface area contributed by atoms with E-state index >= 15 is 0 Å². The van der Waals surface area contributed by atoms with E-state index in [9.17, 15) is 14.0 Å². The van der Waals surface area contributed by atoms with Crippen LogP contribution in [0, 0.1) is 0 Å². The standard InChI is InChI=1S/C14H20BrN5O9P2/c1-14(2)28-8-6(3-26-31(24,25)5-30(21,22)23)27-12(9(8)29-14)20-11-7(19-13(20)15)10(16)17-4-18-11/h4,6,8-9,12H,3,5H2,1-2H3,(H,24,25)(H2,16,17,18)(H2,21,22,23)/t6-,8-,9-,12-/m1/s1. The van der Waals surface area contributed by atoms with Gasteiger partial charge >= 0.3 is 15.2 Å². The molecule has 17 heteroatoms. The first-order valence-electron chi connectivity index (χ1n) is 8.92. The van der Waals surface area contributed by atoms with Crippen LogP contribution in [0.2, 0.25) is 0 Å². The van der Waals surface area contributed by atoms with Gasteiger partial charge in [0.15, 0.2) is 39.6 Å². The third-order valence-electron chi connectivity index (χ3n) is 4.65. The number of fused-ring (bicyclic) bond motifs is 2. The van der Waals surface area contributed by atoms with Gasteiger partial charge in [-0.2, -0.15) is 0 Å². The van der Waals surface area contributed by atoms with Crippen molar-refractivity contribution in [2.24, 2.45) is 0 Å². The van der Waals surface area contributed by atoms with Crippen LogP contribution in [0.3, 0.4) is 0 Å². The first-order valence-corrected chi connectivity index (χ1v) is 13.3. The lowest BCUT2D eigenvalue weighted by molar-refractivity contribution is -0.199. The molecule has 2 saturated heterocycles. The van der Waals surface area contributed by atoms with E-state index in [2.05, 4.69) is 30.9 Å². The lowest BCUT2D eigenvalue weighted by Crippen LogP contribution is -2.32. The van der Waals surface area contributed by atoms with Gasteiger partial charge in [0.2, 0.25) is 0 Å². The van der Waals surface area contributed by atoms with Crippen LogP contribution in [0.5, 0.6) is 0 Å². The molecule has 2 fully saturated rings. The largest absolute Gasteiger partial charge is 0.382 e. The highest BCUT2D eigenvalue weighted by atomic mass is 79.9. The monoisotopic (exact) mass is 543 g/mol. The summed E-state index contributed by atoms with van der Waals surface area (Å²) >= 11 is 3.35. The second-order valence-electron chi connectivity index (χ2n) is 7.55. The van der Waals surface area contributed by atoms with Crippen LogP contribution in [0.1, 0.15) is 20.1 Å². The van der Waals surface area contributed by atoms with Crippen molar-refractivity contribution in [3.8, 4) is 0 Å². The van der Waals surface area contributed by atoms with Gasteiger partial charge in [-0.15, -0.1) is 0 Å². The zero-order valence-corrected chi connectivity index (χ0v) is 19.6. The number of hydrogen-bond donors (Lipinski definition) is 4. The molecular formula is C14H20BrN5O9P2. The Bertz CT molecular complexity index is 1110. The van der Waals surface area contributed by atoms with Crippen LogP contribution >= 0.6 is 31.1 Å². The topological polar surface area (TPSA) is 201 Å². The molecule has 5 N–H and O–H groups in total. The molecule has 0 spiro atoms. The maximum atomic E-state index is 12.0. The average Bonchev–Trinajstić information content (AvgIpc) is 3.20. The average molecular weight is 544 g/mol. The van der Waals surface area contributed by atoms with Crippen LogP contribution in [0.15, 0.2) is 11.1 Å². The summed E-state index contributed by atoms with van der Waals surface area (Å²) in [7, 11) is -9.34. The fraction of sp³-hybridized carbons (Fsp3) is 0.643. The van der Waals surface area contributed by atoms with Crippen molar-refractivity contribution in [2.75, 3.05) is 18.2 Å². The molecule has 4 rings (SSSR count). The molecule has 0 aliphatic carbocycles. The molecule has 2 aliphatic rings.